The first kappa shape index (κ1) is 26.4. The smallest absolute Gasteiger partial charge is 0.242 e. The monoisotopic (exact) mass is 504 g/mol. The predicted molar refractivity (Wildman–Crippen MR) is 144 cm³/mol. The van der Waals surface area contributed by atoms with Crippen LogP contribution in [0.5, 0.6) is 5.75 Å². The first-order valence-electron chi connectivity index (χ1n) is 12.7. The summed E-state index contributed by atoms with van der Waals surface area (Å²) in [5, 5.41) is 0. The van der Waals surface area contributed by atoms with Gasteiger partial charge in [-0.3, -0.25) is 19.5 Å². The van der Waals surface area contributed by atoms with Crippen molar-refractivity contribution in [3.8, 4) is 5.75 Å². The van der Waals surface area contributed by atoms with Crippen LogP contribution in [0.25, 0.3) is 0 Å². The van der Waals surface area contributed by atoms with Gasteiger partial charge in [-0.2, -0.15) is 0 Å². The number of hydrogen-bond donors (Lipinski definition) is 0. The van der Waals surface area contributed by atoms with Crippen molar-refractivity contribution in [3.63, 3.8) is 0 Å². The number of ether oxygens (including phenoxy) is 1. The first-order chi connectivity index (χ1) is 17.7. The SMILES string of the molecule is CCN1C(=O)C(C)(C)C(=O)N(C)c2cc(OCCCN(Cc3ccncc3)Cc3ccc(C)o3)ccc21. The van der Waals surface area contributed by atoms with Crippen molar-refractivity contribution in [3.05, 3.63) is 71.9 Å². The fourth-order valence-corrected chi connectivity index (χ4v) is 4.70. The Morgan fingerprint density at radius 2 is 1.76 bits per heavy atom. The van der Waals surface area contributed by atoms with Crippen LogP contribution in [0.3, 0.4) is 0 Å². The van der Waals surface area contributed by atoms with Gasteiger partial charge in [0.25, 0.3) is 0 Å². The van der Waals surface area contributed by atoms with E-state index in [0.717, 1.165) is 36.7 Å². The average molecular weight is 505 g/mol. The zero-order chi connectivity index (χ0) is 26.6. The standard InChI is InChI=1S/C29H36N4O4/c1-6-33-25-11-10-23(18-26(25)31(5)27(34)29(3,4)28(33)35)36-17-7-16-32(19-22-12-14-30-15-13-22)20-24-9-8-21(2)37-24/h8-15,18H,6-7,16-17,19-20H2,1-5H3. The molecule has 0 fully saturated rings. The van der Waals surface area contributed by atoms with Crippen LogP contribution in [0.4, 0.5) is 11.4 Å². The Kier molecular flexibility index (Phi) is 7.97. The Bertz CT molecular complexity index is 1240. The summed E-state index contributed by atoms with van der Waals surface area (Å²) in [6, 6.07) is 13.6. The molecule has 8 heteroatoms. The lowest BCUT2D eigenvalue weighted by atomic mass is 9.90. The molecule has 4 rings (SSSR count). The summed E-state index contributed by atoms with van der Waals surface area (Å²) in [6.45, 7) is 10.5. The summed E-state index contributed by atoms with van der Waals surface area (Å²) in [4.78, 5) is 35.8. The van der Waals surface area contributed by atoms with E-state index in [1.807, 2.05) is 68.7 Å². The molecule has 3 heterocycles. The van der Waals surface area contributed by atoms with E-state index in [2.05, 4.69) is 9.88 Å². The van der Waals surface area contributed by atoms with Gasteiger partial charge in [0, 0.05) is 45.1 Å². The highest BCUT2D eigenvalue weighted by molar-refractivity contribution is 6.20. The van der Waals surface area contributed by atoms with Crippen LogP contribution in [-0.2, 0) is 22.7 Å². The molecule has 0 atom stereocenters. The number of aromatic nitrogens is 1. The number of carbonyl (C=O) groups is 2. The van der Waals surface area contributed by atoms with Gasteiger partial charge in [0.1, 0.15) is 22.7 Å². The van der Waals surface area contributed by atoms with Crippen LogP contribution < -0.4 is 14.5 Å². The Labute approximate surface area is 218 Å². The molecule has 2 aromatic heterocycles. The maximum Gasteiger partial charge on any atom is 0.242 e. The number of fused-ring (bicyclic) bond motifs is 1. The minimum atomic E-state index is -1.13. The normalized spacial score (nSPS) is 15.2. The summed E-state index contributed by atoms with van der Waals surface area (Å²) >= 11 is 0. The summed E-state index contributed by atoms with van der Waals surface area (Å²) < 4.78 is 11.9. The fraction of sp³-hybridized carbons (Fsp3) is 0.414. The predicted octanol–water partition coefficient (Wildman–Crippen LogP) is 4.81. The number of anilines is 2. The van der Waals surface area contributed by atoms with Crippen LogP contribution in [0.15, 0.2) is 59.3 Å². The van der Waals surface area contributed by atoms with Gasteiger partial charge in [0.05, 0.1) is 24.5 Å². The van der Waals surface area contributed by atoms with Crippen molar-refractivity contribution in [1.29, 1.82) is 0 Å². The van der Waals surface area contributed by atoms with Gasteiger partial charge >= 0.3 is 0 Å². The summed E-state index contributed by atoms with van der Waals surface area (Å²) in [5.74, 6) is 2.08. The number of furan rings is 1. The van der Waals surface area contributed by atoms with E-state index in [9.17, 15) is 9.59 Å². The van der Waals surface area contributed by atoms with E-state index in [0.29, 0.717) is 31.1 Å². The molecular weight excluding hydrogens is 468 g/mol. The topological polar surface area (TPSA) is 79.1 Å². The highest BCUT2D eigenvalue weighted by Gasteiger charge is 2.45. The molecular formula is C29H36N4O4. The Balaban J connectivity index is 1.42. The van der Waals surface area contributed by atoms with Gasteiger partial charge in [-0.25, -0.2) is 0 Å². The van der Waals surface area contributed by atoms with E-state index in [4.69, 9.17) is 9.15 Å². The Hall–Kier alpha value is -3.65. The van der Waals surface area contributed by atoms with Gasteiger partial charge in [-0.1, -0.05) is 0 Å². The molecule has 0 saturated heterocycles. The third kappa shape index (κ3) is 5.85. The van der Waals surface area contributed by atoms with Crippen molar-refractivity contribution in [2.45, 2.75) is 47.2 Å². The number of amides is 2. The summed E-state index contributed by atoms with van der Waals surface area (Å²) in [5.41, 5.74) is 1.46. The van der Waals surface area contributed by atoms with Crippen LogP contribution in [0, 0.1) is 12.3 Å². The second kappa shape index (κ2) is 11.2. The third-order valence-electron chi connectivity index (χ3n) is 6.75. The van der Waals surface area contributed by atoms with E-state index >= 15 is 0 Å². The van der Waals surface area contributed by atoms with Gasteiger partial charge in [-0.15, -0.1) is 0 Å². The summed E-state index contributed by atoms with van der Waals surface area (Å²) in [6.07, 6.45) is 4.42. The van der Waals surface area contributed by atoms with Crippen LogP contribution >= 0.6 is 0 Å². The molecule has 2 amide bonds. The molecule has 0 spiro atoms. The van der Waals surface area contributed by atoms with Crippen molar-refractivity contribution >= 4 is 23.2 Å². The van der Waals surface area contributed by atoms with Crippen molar-refractivity contribution in [1.82, 2.24) is 9.88 Å². The molecule has 0 N–H and O–H groups in total. The number of benzene rings is 1. The Morgan fingerprint density at radius 1 is 1.00 bits per heavy atom. The lowest BCUT2D eigenvalue weighted by molar-refractivity contribution is -0.137. The molecule has 1 aliphatic rings. The number of carbonyl (C=O) groups excluding carboxylic acids is 2. The van der Waals surface area contributed by atoms with Crippen molar-refractivity contribution in [2.75, 3.05) is 36.5 Å². The lowest BCUT2D eigenvalue weighted by Crippen LogP contribution is -2.47. The zero-order valence-corrected chi connectivity index (χ0v) is 22.4. The molecule has 1 aromatic carbocycles. The van der Waals surface area contributed by atoms with Crippen molar-refractivity contribution < 1.29 is 18.7 Å². The molecule has 0 radical (unpaired) electrons. The zero-order valence-electron chi connectivity index (χ0n) is 22.4. The lowest BCUT2D eigenvalue weighted by Gasteiger charge is -2.27. The number of hydrogen-bond acceptors (Lipinski definition) is 6. The minimum absolute atomic E-state index is 0.194. The molecule has 8 nitrogen and oxygen atoms in total. The third-order valence-corrected chi connectivity index (χ3v) is 6.75. The van der Waals surface area contributed by atoms with E-state index in [1.54, 1.807) is 30.7 Å². The van der Waals surface area contributed by atoms with Crippen LogP contribution in [0.2, 0.25) is 0 Å². The van der Waals surface area contributed by atoms with Gasteiger partial charge in [0.15, 0.2) is 0 Å². The molecule has 196 valence electrons. The van der Waals surface area contributed by atoms with Gasteiger partial charge in [-0.05, 0) is 76.1 Å². The quantitative estimate of drug-likeness (QED) is 0.291. The minimum Gasteiger partial charge on any atom is -0.493 e. The molecule has 0 bridgehead atoms. The Morgan fingerprint density at radius 3 is 2.43 bits per heavy atom. The number of rotatable bonds is 10. The van der Waals surface area contributed by atoms with Crippen molar-refractivity contribution in [2.24, 2.45) is 5.41 Å². The first-order valence-corrected chi connectivity index (χ1v) is 12.7. The van der Waals surface area contributed by atoms with Crippen LogP contribution in [-0.4, -0.2) is 48.4 Å². The summed E-state index contributed by atoms with van der Waals surface area (Å²) in [7, 11) is 1.71. The van der Waals surface area contributed by atoms with Crippen LogP contribution in [0.1, 0.15) is 44.3 Å². The number of pyridine rings is 1. The average Bonchev–Trinajstić information content (AvgIpc) is 3.29. The molecule has 1 aliphatic heterocycles. The molecule has 37 heavy (non-hydrogen) atoms. The largest absolute Gasteiger partial charge is 0.493 e. The number of nitrogens with zero attached hydrogens (tertiary/aromatic N) is 4. The maximum absolute atomic E-state index is 13.1. The maximum atomic E-state index is 13.1. The molecule has 3 aromatic rings. The highest BCUT2D eigenvalue weighted by Crippen LogP contribution is 2.40. The number of aryl methyl sites for hydroxylation is 1. The van der Waals surface area contributed by atoms with E-state index < -0.39 is 5.41 Å². The van der Waals surface area contributed by atoms with E-state index in [1.165, 1.54) is 5.56 Å². The molecule has 0 unspecified atom stereocenters. The van der Waals surface area contributed by atoms with Gasteiger partial charge in [0.2, 0.25) is 11.8 Å². The van der Waals surface area contributed by atoms with Gasteiger partial charge < -0.3 is 19.0 Å². The second-order valence-corrected chi connectivity index (χ2v) is 9.97. The molecule has 0 aliphatic carbocycles. The van der Waals surface area contributed by atoms with E-state index in [-0.39, 0.29) is 11.8 Å². The second-order valence-electron chi connectivity index (χ2n) is 9.97. The molecule has 0 saturated carbocycles. The highest BCUT2D eigenvalue weighted by atomic mass is 16.5. The fourth-order valence-electron chi connectivity index (χ4n) is 4.70.